The summed E-state index contributed by atoms with van der Waals surface area (Å²) in [6.07, 6.45) is 0. The van der Waals surface area contributed by atoms with Crippen molar-refractivity contribution < 1.29 is 9.84 Å². The smallest absolute Gasteiger partial charge is 0.322 e. The van der Waals surface area contributed by atoms with E-state index in [1.165, 1.54) is 0 Å². The standard InChI is InChI=1S/C5H7ClN4O2/c6-3-8-4(7)10-5(9-3)12-2-1-11/h11H,1-2H2,(H2,7,8,9,10). The van der Waals surface area contributed by atoms with Gasteiger partial charge in [-0.3, -0.25) is 0 Å². The fourth-order valence-electron chi connectivity index (χ4n) is 0.548. The van der Waals surface area contributed by atoms with E-state index in [1.54, 1.807) is 0 Å². The van der Waals surface area contributed by atoms with Crippen LogP contribution in [0.4, 0.5) is 5.95 Å². The number of hydrogen-bond acceptors (Lipinski definition) is 6. The molecule has 3 N–H and O–H groups in total. The minimum Gasteiger partial charge on any atom is -0.461 e. The lowest BCUT2D eigenvalue weighted by Crippen LogP contribution is -2.07. The van der Waals surface area contributed by atoms with E-state index in [9.17, 15) is 0 Å². The average Bonchev–Trinajstić information content (AvgIpc) is 1.99. The largest absolute Gasteiger partial charge is 0.461 e. The molecule has 66 valence electrons. The Labute approximate surface area is 73.4 Å². The molecule has 0 atom stereocenters. The maximum absolute atomic E-state index is 8.41. The molecule has 0 unspecified atom stereocenters. The zero-order valence-corrected chi connectivity index (χ0v) is 6.82. The van der Waals surface area contributed by atoms with E-state index < -0.39 is 0 Å². The highest BCUT2D eigenvalue weighted by atomic mass is 35.5. The molecule has 0 saturated heterocycles. The summed E-state index contributed by atoms with van der Waals surface area (Å²) < 4.78 is 4.84. The molecule has 0 aliphatic rings. The predicted octanol–water partition coefficient (Wildman–Crippen LogP) is -0.522. The Kier molecular flexibility index (Phi) is 3.01. The number of aliphatic hydroxyl groups is 1. The Bertz CT molecular complexity index is 249. The highest BCUT2D eigenvalue weighted by Crippen LogP contribution is 2.08. The summed E-state index contributed by atoms with van der Waals surface area (Å²) in [6.45, 7) is -0.0248. The van der Waals surface area contributed by atoms with E-state index in [0.717, 1.165) is 0 Å². The van der Waals surface area contributed by atoms with Crippen LogP contribution in [0.5, 0.6) is 6.01 Å². The van der Waals surface area contributed by atoms with Crippen molar-refractivity contribution in [2.45, 2.75) is 0 Å². The van der Waals surface area contributed by atoms with Crippen LogP contribution in [0.15, 0.2) is 0 Å². The molecule has 0 aliphatic carbocycles. The van der Waals surface area contributed by atoms with Gasteiger partial charge < -0.3 is 15.6 Å². The summed E-state index contributed by atoms with van der Waals surface area (Å²) in [4.78, 5) is 10.7. The van der Waals surface area contributed by atoms with E-state index in [-0.39, 0.29) is 30.5 Å². The van der Waals surface area contributed by atoms with Gasteiger partial charge in [-0.05, 0) is 11.6 Å². The SMILES string of the molecule is Nc1nc(Cl)nc(OCCO)n1. The first-order chi connectivity index (χ1) is 5.72. The molecule has 0 aliphatic heterocycles. The highest BCUT2D eigenvalue weighted by molar-refractivity contribution is 6.28. The van der Waals surface area contributed by atoms with Gasteiger partial charge in [0.1, 0.15) is 6.61 Å². The lowest BCUT2D eigenvalue weighted by molar-refractivity contribution is 0.191. The lowest BCUT2D eigenvalue weighted by atomic mass is 10.8. The second-order valence-corrected chi connectivity index (χ2v) is 2.16. The molecule has 7 heteroatoms. The minimum absolute atomic E-state index is 0.0112. The van der Waals surface area contributed by atoms with Gasteiger partial charge in [0, 0.05) is 0 Å². The third-order valence-corrected chi connectivity index (χ3v) is 1.10. The van der Waals surface area contributed by atoms with E-state index in [4.69, 9.17) is 27.2 Å². The second-order valence-electron chi connectivity index (χ2n) is 1.82. The van der Waals surface area contributed by atoms with Gasteiger partial charge in [-0.25, -0.2) is 0 Å². The van der Waals surface area contributed by atoms with Crippen molar-refractivity contribution in [1.29, 1.82) is 0 Å². The van der Waals surface area contributed by atoms with Gasteiger partial charge >= 0.3 is 6.01 Å². The van der Waals surface area contributed by atoms with Crippen molar-refractivity contribution in [1.82, 2.24) is 15.0 Å². The summed E-state index contributed by atoms with van der Waals surface area (Å²) in [5.41, 5.74) is 5.24. The zero-order chi connectivity index (χ0) is 8.97. The molecule has 1 aromatic heterocycles. The van der Waals surface area contributed by atoms with Crippen LogP contribution in [0, 0.1) is 0 Å². The molecule has 1 aromatic rings. The van der Waals surface area contributed by atoms with Crippen LogP contribution in [0.3, 0.4) is 0 Å². The molecule has 0 aromatic carbocycles. The van der Waals surface area contributed by atoms with Crippen LogP contribution in [-0.2, 0) is 0 Å². The molecule has 1 heterocycles. The molecule has 6 nitrogen and oxygen atoms in total. The molecular formula is C5H7ClN4O2. The fourth-order valence-corrected chi connectivity index (χ4v) is 0.707. The molecule has 0 spiro atoms. The Hall–Kier alpha value is -1.14. The van der Waals surface area contributed by atoms with Crippen molar-refractivity contribution in [3.63, 3.8) is 0 Å². The molecule has 12 heavy (non-hydrogen) atoms. The van der Waals surface area contributed by atoms with Crippen molar-refractivity contribution in [3.8, 4) is 6.01 Å². The monoisotopic (exact) mass is 190 g/mol. The zero-order valence-electron chi connectivity index (χ0n) is 6.07. The summed E-state index contributed by atoms with van der Waals surface area (Å²) in [7, 11) is 0. The van der Waals surface area contributed by atoms with Crippen LogP contribution in [-0.4, -0.2) is 33.3 Å². The van der Waals surface area contributed by atoms with Crippen molar-refractivity contribution in [3.05, 3.63) is 5.28 Å². The van der Waals surface area contributed by atoms with E-state index in [2.05, 4.69) is 15.0 Å². The maximum atomic E-state index is 8.41. The third-order valence-electron chi connectivity index (χ3n) is 0.927. The summed E-state index contributed by atoms with van der Waals surface area (Å²) in [5, 5.41) is 8.37. The quantitative estimate of drug-likeness (QED) is 0.666. The lowest BCUT2D eigenvalue weighted by Gasteiger charge is -2.01. The van der Waals surface area contributed by atoms with Gasteiger partial charge in [-0.15, -0.1) is 0 Å². The predicted molar refractivity (Wildman–Crippen MR) is 41.8 cm³/mol. The second kappa shape index (κ2) is 4.03. The summed E-state index contributed by atoms with van der Waals surface area (Å²) >= 11 is 5.44. The molecular weight excluding hydrogens is 184 g/mol. The van der Waals surface area contributed by atoms with Gasteiger partial charge in [0.05, 0.1) is 6.61 Å². The average molecular weight is 191 g/mol. The number of anilines is 1. The van der Waals surface area contributed by atoms with Crippen LogP contribution in [0.25, 0.3) is 0 Å². The normalized spacial score (nSPS) is 9.83. The topological polar surface area (TPSA) is 94.2 Å². The first kappa shape index (κ1) is 8.95. The molecule has 0 fully saturated rings. The third kappa shape index (κ3) is 2.48. The number of rotatable bonds is 3. The number of ether oxygens (including phenoxy) is 1. The van der Waals surface area contributed by atoms with E-state index >= 15 is 0 Å². The van der Waals surface area contributed by atoms with Crippen LogP contribution in [0.2, 0.25) is 5.28 Å². The van der Waals surface area contributed by atoms with Crippen LogP contribution < -0.4 is 10.5 Å². The molecule has 1 rings (SSSR count). The maximum Gasteiger partial charge on any atom is 0.322 e. The number of aliphatic hydroxyl groups excluding tert-OH is 1. The Morgan fingerprint density at radius 1 is 1.42 bits per heavy atom. The number of nitrogens with two attached hydrogens (primary N) is 1. The van der Waals surface area contributed by atoms with Crippen LogP contribution >= 0.6 is 11.6 Å². The van der Waals surface area contributed by atoms with Crippen molar-refractivity contribution in [2.75, 3.05) is 18.9 Å². The van der Waals surface area contributed by atoms with Gasteiger partial charge in [-0.1, -0.05) is 0 Å². The molecule has 0 amide bonds. The van der Waals surface area contributed by atoms with E-state index in [1.807, 2.05) is 0 Å². The van der Waals surface area contributed by atoms with Crippen molar-refractivity contribution in [2.24, 2.45) is 0 Å². The Balaban J connectivity index is 2.72. The van der Waals surface area contributed by atoms with E-state index in [0.29, 0.717) is 0 Å². The summed E-state index contributed by atoms with van der Waals surface area (Å²) in [5.74, 6) is -0.0112. The molecule has 0 saturated carbocycles. The molecule has 0 radical (unpaired) electrons. The number of aromatic nitrogens is 3. The minimum atomic E-state index is -0.122. The van der Waals surface area contributed by atoms with Crippen LogP contribution in [0.1, 0.15) is 0 Å². The fraction of sp³-hybridized carbons (Fsp3) is 0.400. The van der Waals surface area contributed by atoms with Gasteiger partial charge in [0.2, 0.25) is 11.2 Å². The first-order valence-corrected chi connectivity index (χ1v) is 3.51. The number of halogens is 1. The number of hydrogen-bond donors (Lipinski definition) is 2. The molecule has 0 bridgehead atoms. The Morgan fingerprint density at radius 2 is 2.17 bits per heavy atom. The summed E-state index contributed by atoms with van der Waals surface area (Å²) in [6, 6.07) is 0.0153. The Morgan fingerprint density at radius 3 is 2.75 bits per heavy atom. The van der Waals surface area contributed by atoms with Gasteiger partial charge in [0.25, 0.3) is 0 Å². The van der Waals surface area contributed by atoms with Crippen molar-refractivity contribution >= 4 is 17.5 Å². The van der Waals surface area contributed by atoms with Gasteiger partial charge in [-0.2, -0.15) is 15.0 Å². The number of nitrogens with zero attached hydrogens (tertiary/aromatic N) is 3. The number of nitrogen functional groups attached to an aromatic ring is 1. The highest BCUT2D eigenvalue weighted by Gasteiger charge is 2.01. The first-order valence-electron chi connectivity index (χ1n) is 3.13. The van der Waals surface area contributed by atoms with Gasteiger partial charge in [0.15, 0.2) is 0 Å².